The van der Waals surface area contributed by atoms with Crippen molar-refractivity contribution in [1.82, 2.24) is 20.4 Å². The van der Waals surface area contributed by atoms with Gasteiger partial charge < -0.3 is 15.5 Å². The van der Waals surface area contributed by atoms with Gasteiger partial charge in [0.25, 0.3) is 0 Å². The van der Waals surface area contributed by atoms with Crippen LogP contribution < -0.4 is 10.6 Å². The molecule has 27 heavy (non-hydrogen) atoms. The number of benzene rings is 1. The molecule has 0 fully saturated rings. The maximum Gasteiger partial charge on any atom is 0.243 e. The van der Waals surface area contributed by atoms with Gasteiger partial charge in [0, 0.05) is 32.9 Å². The number of amides is 1. The SMILES string of the molecule is CCN(CC)C(CNC(=NCC(=O)N(C)C)NCCSC)c1ccccc1. The minimum absolute atomic E-state index is 0.00989. The molecule has 152 valence electrons. The summed E-state index contributed by atoms with van der Waals surface area (Å²) >= 11 is 1.78. The summed E-state index contributed by atoms with van der Waals surface area (Å²) in [6.45, 7) is 7.99. The fraction of sp³-hybridized carbons (Fsp3) is 0.600. The highest BCUT2D eigenvalue weighted by molar-refractivity contribution is 7.98. The van der Waals surface area contributed by atoms with Gasteiger partial charge in [0.2, 0.25) is 5.91 Å². The summed E-state index contributed by atoms with van der Waals surface area (Å²) in [6.07, 6.45) is 2.08. The van der Waals surface area contributed by atoms with Gasteiger partial charge in [-0.3, -0.25) is 9.69 Å². The van der Waals surface area contributed by atoms with Crippen LogP contribution in [0.5, 0.6) is 0 Å². The molecule has 0 bridgehead atoms. The standard InChI is InChI=1S/C20H35N5OS/c1-6-25(7-2)18(17-11-9-8-10-12-17)15-22-20(21-13-14-27-5)23-16-19(26)24(3)4/h8-12,18H,6-7,13-16H2,1-5H3,(H2,21,22,23). The molecular weight excluding hydrogens is 358 g/mol. The molecule has 0 heterocycles. The average molecular weight is 394 g/mol. The number of hydrogen-bond acceptors (Lipinski definition) is 4. The number of carbonyl (C=O) groups is 1. The summed E-state index contributed by atoms with van der Waals surface area (Å²) in [5.74, 6) is 1.66. The minimum atomic E-state index is -0.00989. The second-order valence-corrected chi connectivity index (χ2v) is 7.39. The molecule has 1 amide bonds. The van der Waals surface area contributed by atoms with Gasteiger partial charge >= 0.3 is 0 Å². The average Bonchev–Trinajstić information content (AvgIpc) is 2.69. The van der Waals surface area contributed by atoms with Gasteiger partial charge in [-0.15, -0.1) is 0 Å². The Bertz CT molecular complexity index is 561. The second-order valence-electron chi connectivity index (χ2n) is 6.40. The topological polar surface area (TPSA) is 60.0 Å². The number of hydrogen-bond donors (Lipinski definition) is 2. The van der Waals surface area contributed by atoms with E-state index in [1.54, 1.807) is 30.8 Å². The van der Waals surface area contributed by atoms with Crippen molar-refractivity contribution in [2.75, 3.05) is 58.8 Å². The Morgan fingerprint density at radius 2 is 1.81 bits per heavy atom. The van der Waals surface area contributed by atoms with Crippen LogP contribution in [0.4, 0.5) is 0 Å². The Balaban J connectivity index is 2.85. The number of aliphatic imine (C=N–C) groups is 1. The Morgan fingerprint density at radius 3 is 2.37 bits per heavy atom. The predicted molar refractivity (Wildman–Crippen MR) is 117 cm³/mol. The van der Waals surface area contributed by atoms with Crippen LogP contribution >= 0.6 is 11.8 Å². The number of guanidine groups is 1. The van der Waals surface area contributed by atoms with Crippen molar-refractivity contribution in [3.05, 3.63) is 35.9 Å². The van der Waals surface area contributed by atoms with Crippen molar-refractivity contribution < 1.29 is 4.79 Å². The van der Waals surface area contributed by atoms with Gasteiger partial charge in [-0.1, -0.05) is 44.2 Å². The lowest BCUT2D eigenvalue weighted by atomic mass is 10.1. The zero-order chi connectivity index (χ0) is 20.1. The quantitative estimate of drug-likeness (QED) is 0.342. The van der Waals surface area contributed by atoms with E-state index in [-0.39, 0.29) is 18.5 Å². The van der Waals surface area contributed by atoms with Crippen LogP contribution in [0.15, 0.2) is 35.3 Å². The summed E-state index contributed by atoms with van der Waals surface area (Å²) < 4.78 is 0. The Kier molecular flexibility index (Phi) is 11.6. The van der Waals surface area contributed by atoms with Gasteiger partial charge in [-0.25, -0.2) is 4.99 Å². The van der Waals surface area contributed by atoms with Crippen LogP contribution in [-0.2, 0) is 4.79 Å². The predicted octanol–water partition coefficient (Wildman–Crippen LogP) is 2.06. The Morgan fingerprint density at radius 1 is 1.15 bits per heavy atom. The van der Waals surface area contributed by atoms with Gasteiger partial charge in [-0.05, 0) is 24.9 Å². The van der Waals surface area contributed by atoms with E-state index in [0.717, 1.165) is 31.9 Å². The number of nitrogens with zero attached hydrogens (tertiary/aromatic N) is 3. The molecule has 0 aliphatic rings. The van der Waals surface area contributed by atoms with Crippen LogP contribution in [0.1, 0.15) is 25.5 Å². The molecule has 1 aromatic carbocycles. The summed E-state index contributed by atoms with van der Waals surface area (Å²) in [7, 11) is 3.50. The molecule has 7 heteroatoms. The van der Waals surface area contributed by atoms with Crippen molar-refractivity contribution in [1.29, 1.82) is 0 Å². The van der Waals surface area contributed by atoms with Gasteiger partial charge in [0.15, 0.2) is 5.96 Å². The van der Waals surface area contributed by atoms with Crippen molar-refractivity contribution >= 4 is 23.6 Å². The van der Waals surface area contributed by atoms with Crippen LogP contribution in [0.25, 0.3) is 0 Å². The summed E-state index contributed by atoms with van der Waals surface area (Å²) in [6, 6.07) is 10.8. The Labute approximate surface area is 168 Å². The Hall–Kier alpha value is -1.73. The van der Waals surface area contributed by atoms with E-state index in [1.807, 2.05) is 6.07 Å². The van der Waals surface area contributed by atoms with Gasteiger partial charge in [0.1, 0.15) is 6.54 Å². The maximum absolute atomic E-state index is 11.9. The highest BCUT2D eigenvalue weighted by Gasteiger charge is 2.18. The molecule has 1 rings (SSSR count). The number of rotatable bonds is 11. The van der Waals surface area contributed by atoms with Crippen molar-refractivity contribution in [2.45, 2.75) is 19.9 Å². The van der Waals surface area contributed by atoms with E-state index in [1.165, 1.54) is 5.56 Å². The molecule has 2 N–H and O–H groups in total. The molecule has 1 aromatic rings. The van der Waals surface area contributed by atoms with Gasteiger partial charge in [0.05, 0.1) is 6.04 Å². The van der Waals surface area contributed by atoms with E-state index >= 15 is 0 Å². The van der Waals surface area contributed by atoms with Crippen LogP contribution in [0.3, 0.4) is 0 Å². The summed E-state index contributed by atoms with van der Waals surface area (Å²) in [5, 5.41) is 6.76. The highest BCUT2D eigenvalue weighted by atomic mass is 32.2. The van der Waals surface area contributed by atoms with Crippen LogP contribution in [0.2, 0.25) is 0 Å². The minimum Gasteiger partial charge on any atom is -0.356 e. The molecule has 0 aliphatic carbocycles. The lowest BCUT2D eigenvalue weighted by Crippen LogP contribution is -2.44. The van der Waals surface area contributed by atoms with E-state index in [2.05, 4.69) is 64.9 Å². The smallest absolute Gasteiger partial charge is 0.243 e. The molecule has 0 saturated heterocycles. The first-order valence-electron chi connectivity index (χ1n) is 9.53. The first-order valence-corrected chi connectivity index (χ1v) is 10.9. The van der Waals surface area contributed by atoms with Gasteiger partial charge in [-0.2, -0.15) is 11.8 Å². The van der Waals surface area contributed by atoms with Crippen LogP contribution in [-0.4, -0.2) is 80.5 Å². The van der Waals surface area contributed by atoms with Crippen LogP contribution in [0, 0.1) is 0 Å². The highest BCUT2D eigenvalue weighted by Crippen LogP contribution is 2.19. The molecule has 1 atom stereocenters. The van der Waals surface area contributed by atoms with Crippen molar-refractivity contribution in [3.63, 3.8) is 0 Å². The maximum atomic E-state index is 11.9. The number of nitrogens with one attached hydrogen (secondary N) is 2. The van der Waals surface area contributed by atoms with E-state index in [9.17, 15) is 4.79 Å². The summed E-state index contributed by atoms with van der Waals surface area (Å²) in [4.78, 5) is 20.3. The third kappa shape index (κ3) is 8.67. The molecule has 0 saturated carbocycles. The summed E-state index contributed by atoms with van der Waals surface area (Å²) in [5.41, 5.74) is 1.28. The van der Waals surface area contributed by atoms with E-state index in [0.29, 0.717) is 5.96 Å². The third-order valence-electron chi connectivity index (χ3n) is 4.37. The lowest BCUT2D eigenvalue weighted by molar-refractivity contribution is -0.127. The second kappa shape index (κ2) is 13.4. The van der Waals surface area contributed by atoms with Crippen molar-refractivity contribution in [3.8, 4) is 0 Å². The largest absolute Gasteiger partial charge is 0.356 e. The number of likely N-dealkylation sites (N-methyl/N-ethyl adjacent to an activating group) is 2. The lowest BCUT2D eigenvalue weighted by Gasteiger charge is -2.31. The molecule has 1 unspecified atom stereocenters. The fourth-order valence-electron chi connectivity index (χ4n) is 2.72. The molecule has 0 aliphatic heterocycles. The molecule has 6 nitrogen and oxygen atoms in total. The zero-order valence-electron chi connectivity index (χ0n) is 17.4. The first kappa shape index (κ1) is 23.3. The number of thioether (sulfide) groups is 1. The molecule has 0 aromatic heterocycles. The third-order valence-corrected chi connectivity index (χ3v) is 4.98. The van der Waals surface area contributed by atoms with Crippen molar-refractivity contribution in [2.24, 2.45) is 4.99 Å². The molecule has 0 radical (unpaired) electrons. The molecular formula is C20H35N5OS. The first-order chi connectivity index (χ1) is 13.0. The van der Waals surface area contributed by atoms with E-state index < -0.39 is 0 Å². The normalized spacial score (nSPS) is 12.7. The monoisotopic (exact) mass is 393 g/mol. The zero-order valence-corrected chi connectivity index (χ0v) is 18.2. The fourth-order valence-corrected chi connectivity index (χ4v) is 3.03. The number of carbonyl (C=O) groups excluding carboxylic acids is 1. The van der Waals surface area contributed by atoms with E-state index in [4.69, 9.17) is 0 Å². The molecule has 0 spiro atoms.